The highest BCUT2D eigenvalue weighted by Gasteiger charge is 2.15. The summed E-state index contributed by atoms with van der Waals surface area (Å²) in [6, 6.07) is 12.5. The molecule has 0 aliphatic rings. The van der Waals surface area contributed by atoms with E-state index >= 15 is 0 Å². The maximum absolute atomic E-state index is 12.1. The van der Waals surface area contributed by atoms with Crippen LogP contribution in [0.5, 0.6) is 0 Å². The van der Waals surface area contributed by atoms with E-state index in [4.69, 9.17) is 4.18 Å². The molecule has 0 atom stereocenters. The maximum atomic E-state index is 12.1. The highest BCUT2D eigenvalue weighted by atomic mass is 127. The summed E-state index contributed by atoms with van der Waals surface area (Å²) in [7, 11) is -3.71. The van der Waals surface area contributed by atoms with E-state index < -0.39 is 10.1 Å². The van der Waals surface area contributed by atoms with Crippen LogP contribution in [0.4, 0.5) is 0 Å². The van der Waals surface area contributed by atoms with Gasteiger partial charge in [-0.2, -0.15) is 8.42 Å². The summed E-state index contributed by atoms with van der Waals surface area (Å²) < 4.78 is 31.4. The van der Waals surface area contributed by atoms with Crippen LogP contribution in [-0.4, -0.2) is 8.42 Å². The Morgan fingerprint density at radius 3 is 2.10 bits per heavy atom. The second-order valence-corrected chi connectivity index (χ2v) is 8.41. The van der Waals surface area contributed by atoms with Gasteiger partial charge in [0.1, 0.15) is 0 Å². The van der Waals surface area contributed by atoms with Gasteiger partial charge in [-0.25, -0.2) is 0 Å². The molecule has 0 aliphatic heterocycles. The van der Waals surface area contributed by atoms with Crippen molar-refractivity contribution in [1.82, 2.24) is 0 Å². The second kappa shape index (κ2) is 6.71. The van der Waals surface area contributed by atoms with Gasteiger partial charge in [-0.15, -0.1) is 0 Å². The van der Waals surface area contributed by atoms with E-state index in [1.165, 1.54) is 0 Å². The Morgan fingerprint density at radius 2 is 1.55 bits per heavy atom. The zero-order valence-corrected chi connectivity index (χ0v) is 15.8. The molecule has 106 valence electrons. The van der Waals surface area contributed by atoms with Crippen LogP contribution in [0, 0.1) is 14.1 Å². The summed E-state index contributed by atoms with van der Waals surface area (Å²) in [6.07, 6.45) is 0. The highest BCUT2D eigenvalue weighted by Crippen LogP contribution is 2.18. The van der Waals surface area contributed by atoms with E-state index in [-0.39, 0.29) is 11.5 Å². The summed E-state index contributed by atoms with van der Waals surface area (Å²) in [6.45, 7) is 1.95. The van der Waals surface area contributed by atoms with E-state index in [9.17, 15) is 8.42 Å². The summed E-state index contributed by atoms with van der Waals surface area (Å²) in [4.78, 5) is 0.184. The van der Waals surface area contributed by atoms with E-state index in [2.05, 4.69) is 45.2 Å². The molecule has 0 heterocycles. The first kappa shape index (κ1) is 16.2. The summed E-state index contributed by atoms with van der Waals surface area (Å²) in [5.41, 5.74) is 1.85. The van der Waals surface area contributed by atoms with Crippen molar-refractivity contribution in [2.24, 2.45) is 0 Å². The smallest absolute Gasteiger partial charge is 0.262 e. The third-order valence-electron chi connectivity index (χ3n) is 2.61. The molecule has 2 aromatic rings. The van der Waals surface area contributed by atoms with E-state index in [0.29, 0.717) is 0 Å². The molecule has 0 bridgehead atoms. The molecule has 0 fully saturated rings. The fourth-order valence-electron chi connectivity index (χ4n) is 1.61. The van der Waals surface area contributed by atoms with Gasteiger partial charge in [-0.3, -0.25) is 4.18 Å². The Hall–Kier alpha value is -0.190. The van der Waals surface area contributed by atoms with Gasteiger partial charge in [-0.1, -0.05) is 17.7 Å². The van der Waals surface area contributed by atoms with E-state index in [1.54, 1.807) is 24.3 Å². The van der Waals surface area contributed by atoms with Crippen molar-refractivity contribution in [2.45, 2.75) is 18.4 Å². The van der Waals surface area contributed by atoms with Crippen LogP contribution in [0.15, 0.2) is 47.4 Å². The van der Waals surface area contributed by atoms with Crippen molar-refractivity contribution in [3.05, 3.63) is 60.7 Å². The predicted molar refractivity (Wildman–Crippen MR) is 95.0 cm³/mol. The molecule has 2 aromatic carbocycles. The summed E-state index contributed by atoms with van der Waals surface area (Å²) >= 11 is 4.39. The fourth-order valence-corrected chi connectivity index (χ4v) is 4.58. The molecule has 20 heavy (non-hydrogen) atoms. The lowest BCUT2D eigenvalue weighted by molar-refractivity contribution is 0.308. The predicted octanol–water partition coefficient (Wildman–Crippen LogP) is 4.11. The fraction of sp³-hybridized carbons (Fsp3) is 0.143. The zero-order valence-electron chi connectivity index (χ0n) is 10.6. The molecule has 0 spiro atoms. The van der Waals surface area contributed by atoms with Crippen molar-refractivity contribution in [2.75, 3.05) is 0 Å². The van der Waals surface area contributed by atoms with Crippen LogP contribution in [0.25, 0.3) is 0 Å². The van der Waals surface area contributed by atoms with Crippen LogP contribution in [0.1, 0.15) is 11.1 Å². The Kier molecular flexibility index (Phi) is 5.43. The number of hydrogen-bond acceptors (Lipinski definition) is 3. The first-order valence-electron chi connectivity index (χ1n) is 5.78. The Labute approximate surface area is 146 Å². The van der Waals surface area contributed by atoms with Crippen molar-refractivity contribution >= 4 is 55.3 Å². The van der Waals surface area contributed by atoms with Crippen LogP contribution < -0.4 is 0 Å². The van der Waals surface area contributed by atoms with Crippen molar-refractivity contribution in [1.29, 1.82) is 0 Å². The van der Waals surface area contributed by atoms with Gasteiger partial charge in [0.15, 0.2) is 0 Å². The number of benzene rings is 2. The number of aryl methyl sites for hydroxylation is 1. The Balaban J connectivity index is 2.15. The molecule has 0 N–H and O–H groups in total. The SMILES string of the molecule is Cc1ccc(S(=O)(=O)OCc2cc(I)cc(I)c2)cc1. The van der Waals surface area contributed by atoms with Crippen LogP contribution in [-0.2, 0) is 20.9 Å². The largest absolute Gasteiger partial charge is 0.297 e. The maximum Gasteiger partial charge on any atom is 0.297 e. The minimum atomic E-state index is -3.71. The standard InChI is InChI=1S/C14H12I2O3S/c1-10-2-4-14(5-3-10)20(17,18)19-9-11-6-12(15)8-13(16)7-11/h2-8H,9H2,1H3. The highest BCUT2D eigenvalue weighted by molar-refractivity contribution is 14.1. The lowest BCUT2D eigenvalue weighted by Crippen LogP contribution is -2.06. The number of halogens is 2. The monoisotopic (exact) mass is 514 g/mol. The first-order chi connectivity index (χ1) is 9.37. The van der Waals surface area contributed by atoms with Crippen LogP contribution in [0.3, 0.4) is 0 Å². The minimum Gasteiger partial charge on any atom is -0.262 e. The molecular formula is C14H12I2O3S. The molecule has 0 unspecified atom stereocenters. The van der Waals surface area contributed by atoms with Crippen molar-refractivity contribution < 1.29 is 12.6 Å². The van der Waals surface area contributed by atoms with Gasteiger partial charge in [0.05, 0.1) is 11.5 Å². The normalized spacial score (nSPS) is 11.6. The Bertz CT molecular complexity index is 689. The average Bonchev–Trinajstić information content (AvgIpc) is 2.36. The van der Waals surface area contributed by atoms with Gasteiger partial charge in [0.2, 0.25) is 0 Å². The lowest BCUT2D eigenvalue weighted by Gasteiger charge is -2.07. The van der Waals surface area contributed by atoms with Crippen LogP contribution in [0.2, 0.25) is 0 Å². The molecule has 0 aromatic heterocycles. The molecule has 3 nitrogen and oxygen atoms in total. The van der Waals surface area contributed by atoms with Crippen molar-refractivity contribution in [3.63, 3.8) is 0 Å². The van der Waals surface area contributed by atoms with E-state index in [1.807, 2.05) is 25.1 Å². The quantitative estimate of drug-likeness (QED) is 0.456. The molecule has 2 rings (SSSR count). The van der Waals surface area contributed by atoms with Crippen molar-refractivity contribution in [3.8, 4) is 0 Å². The molecule has 0 saturated heterocycles. The van der Waals surface area contributed by atoms with Gasteiger partial charge >= 0.3 is 0 Å². The summed E-state index contributed by atoms with van der Waals surface area (Å²) in [5, 5.41) is 0. The zero-order chi connectivity index (χ0) is 14.8. The third kappa shape index (κ3) is 4.40. The third-order valence-corrected chi connectivity index (χ3v) is 5.14. The molecule has 0 radical (unpaired) electrons. The van der Waals surface area contributed by atoms with Gasteiger partial charge in [0, 0.05) is 7.14 Å². The Morgan fingerprint density at radius 1 is 1.00 bits per heavy atom. The second-order valence-electron chi connectivity index (χ2n) is 4.31. The molecule has 0 aliphatic carbocycles. The van der Waals surface area contributed by atoms with Gasteiger partial charge in [-0.05, 0) is 88.0 Å². The number of hydrogen-bond donors (Lipinski definition) is 0. The lowest BCUT2D eigenvalue weighted by atomic mass is 10.2. The molecule has 0 saturated carbocycles. The first-order valence-corrected chi connectivity index (χ1v) is 9.34. The molecular weight excluding hydrogens is 502 g/mol. The van der Waals surface area contributed by atoms with E-state index in [0.717, 1.165) is 18.3 Å². The van der Waals surface area contributed by atoms with Gasteiger partial charge < -0.3 is 0 Å². The number of rotatable bonds is 4. The van der Waals surface area contributed by atoms with Gasteiger partial charge in [0.25, 0.3) is 10.1 Å². The summed E-state index contributed by atoms with van der Waals surface area (Å²) in [5.74, 6) is 0. The topological polar surface area (TPSA) is 43.4 Å². The van der Waals surface area contributed by atoms with Crippen LogP contribution >= 0.6 is 45.2 Å². The molecule has 6 heteroatoms. The average molecular weight is 514 g/mol. The minimum absolute atomic E-state index is 0.0447. The molecule has 0 amide bonds.